The minimum atomic E-state index is -0.303. The standard InChI is InChI=1S/C19H23N3O3/c1-3-25-15-9-7-13(8-10-15)17-12-18(22-21-17)19(23)20-14-5-4-6-16(11-14)24-2/h4-11,17-18,21-22H,3,12H2,1-2H3,(H,20,23). The molecule has 0 bridgehead atoms. The molecule has 2 unspecified atom stereocenters. The Morgan fingerprint density at radius 2 is 1.96 bits per heavy atom. The summed E-state index contributed by atoms with van der Waals surface area (Å²) in [5, 5.41) is 2.92. The molecule has 0 aliphatic carbocycles. The van der Waals surface area contributed by atoms with E-state index in [9.17, 15) is 4.79 Å². The van der Waals surface area contributed by atoms with Crippen LogP contribution in [0.15, 0.2) is 48.5 Å². The van der Waals surface area contributed by atoms with Crippen LogP contribution in [0.2, 0.25) is 0 Å². The lowest BCUT2D eigenvalue weighted by molar-refractivity contribution is -0.117. The van der Waals surface area contributed by atoms with Gasteiger partial charge < -0.3 is 14.8 Å². The monoisotopic (exact) mass is 341 g/mol. The van der Waals surface area contributed by atoms with Crippen molar-refractivity contribution in [2.24, 2.45) is 0 Å². The molecular formula is C19H23N3O3. The number of carbonyl (C=O) groups excluding carboxylic acids is 1. The molecule has 0 spiro atoms. The highest BCUT2D eigenvalue weighted by atomic mass is 16.5. The molecule has 2 aromatic carbocycles. The van der Waals surface area contributed by atoms with E-state index in [0.29, 0.717) is 18.8 Å². The van der Waals surface area contributed by atoms with Crippen molar-refractivity contribution >= 4 is 11.6 Å². The van der Waals surface area contributed by atoms with Crippen LogP contribution < -0.4 is 25.6 Å². The average molecular weight is 341 g/mol. The fourth-order valence-corrected chi connectivity index (χ4v) is 2.84. The van der Waals surface area contributed by atoms with E-state index in [1.54, 1.807) is 13.2 Å². The molecular weight excluding hydrogens is 318 g/mol. The van der Waals surface area contributed by atoms with Crippen LogP contribution in [-0.2, 0) is 4.79 Å². The first kappa shape index (κ1) is 17.3. The molecule has 6 nitrogen and oxygen atoms in total. The van der Waals surface area contributed by atoms with E-state index < -0.39 is 0 Å². The molecule has 2 aromatic rings. The summed E-state index contributed by atoms with van der Waals surface area (Å²) in [6.07, 6.45) is 0.670. The first-order chi connectivity index (χ1) is 12.2. The van der Waals surface area contributed by atoms with Crippen LogP contribution >= 0.6 is 0 Å². The number of hydrogen-bond acceptors (Lipinski definition) is 5. The zero-order chi connectivity index (χ0) is 17.6. The van der Waals surface area contributed by atoms with Gasteiger partial charge in [0, 0.05) is 17.8 Å². The second-order valence-electron chi connectivity index (χ2n) is 5.85. The lowest BCUT2D eigenvalue weighted by Crippen LogP contribution is -2.39. The lowest BCUT2D eigenvalue weighted by atomic mass is 10.0. The molecule has 3 N–H and O–H groups in total. The van der Waals surface area contributed by atoms with Gasteiger partial charge in [-0.15, -0.1) is 0 Å². The molecule has 3 rings (SSSR count). The van der Waals surface area contributed by atoms with E-state index in [4.69, 9.17) is 9.47 Å². The van der Waals surface area contributed by atoms with Crippen LogP contribution in [0, 0.1) is 0 Å². The summed E-state index contributed by atoms with van der Waals surface area (Å²) < 4.78 is 10.6. The van der Waals surface area contributed by atoms with Gasteiger partial charge in [-0.3, -0.25) is 4.79 Å². The first-order valence-electron chi connectivity index (χ1n) is 8.38. The Morgan fingerprint density at radius 3 is 2.68 bits per heavy atom. The average Bonchev–Trinajstić information content (AvgIpc) is 3.13. The number of anilines is 1. The van der Waals surface area contributed by atoms with Gasteiger partial charge in [-0.2, -0.15) is 0 Å². The molecule has 1 aliphatic heterocycles. The van der Waals surface area contributed by atoms with Gasteiger partial charge in [0.2, 0.25) is 5.91 Å². The minimum absolute atomic E-state index is 0.0748. The summed E-state index contributed by atoms with van der Waals surface area (Å²) in [5.41, 5.74) is 8.09. The van der Waals surface area contributed by atoms with Crippen LogP contribution in [0.4, 0.5) is 5.69 Å². The van der Waals surface area contributed by atoms with E-state index in [1.165, 1.54) is 0 Å². The van der Waals surface area contributed by atoms with Gasteiger partial charge in [-0.1, -0.05) is 18.2 Å². The van der Waals surface area contributed by atoms with Gasteiger partial charge in [0.15, 0.2) is 0 Å². The van der Waals surface area contributed by atoms with Gasteiger partial charge in [-0.25, -0.2) is 10.9 Å². The molecule has 1 aliphatic rings. The Morgan fingerprint density at radius 1 is 1.16 bits per heavy atom. The van der Waals surface area contributed by atoms with Crippen molar-refractivity contribution in [1.29, 1.82) is 0 Å². The second kappa shape index (κ2) is 8.00. The van der Waals surface area contributed by atoms with E-state index in [0.717, 1.165) is 17.0 Å². The number of hydrogen-bond donors (Lipinski definition) is 3. The SMILES string of the molecule is CCOc1ccc(C2CC(C(=O)Nc3cccc(OC)c3)NN2)cc1. The number of hydrazine groups is 1. The van der Waals surface area contributed by atoms with Crippen LogP contribution in [0.3, 0.4) is 0 Å². The molecule has 0 saturated carbocycles. The smallest absolute Gasteiger partial charge is 0.242 e. The molecule has 2 atom stereocenters. The molecule has 0 aromatic heterocycles. The molecule has 6 heteroatoms. The van der Waals surface area contributed by atoms with Crippen LogP contribution in [0.5, 0.6) is 11.5 Å². The summed E-state index contributed by atoms with van der Waals surface area (Å²) >= 11 is 0. The molecule has 1 heterocycles. The van der Waals surface area contributed by atoms with E-state index >= 15 is 0 Å². The number of nitrogens with one attached hydrogen (secondary N) is 3. The van der Waals surface area contributed by atoms with Crippen molar-refractivity contribution in [2.45, 2.75) is 25.4 Å². The summed E-state index contributed by atoms with van der Waals surface area (Å²) in [6.45, 7) is 2.61. The van der Waals surface area contributed by atoms with Crippen molar-refractivity contribution in [3.63, 3.8) is 0 Å². The maximum absolute atomic E-state index is 12.5. The maximum Gasteiger partial charge on any atom is 0.242 e. The number of amides is 1. The second-order valence-corrected chi connectivity index (χ2v) is 5.85. The van der Waals surface area contributed by atoms with Crippen LogP contribution in [-0.4, -0.2) is 25.7 Å². The highest BCUT2D eigenvalue weighted by molar-refractivity contribution is 5.95. The van der Waals surface area contributed by atoms with Crippen LogP contribution in [0.1, 0.15) is 24.9 Å². The molecule has 1 amide bonds. The lowest BCUT2D eigenvalue weighted by Gasteiger charge is -2.12. The molecule has 25 heavy (non-hydrogen) atoms. The number of rotatable bonds is 6. The Hall–Kier alpha value is -2.57. The minimum Gasteiger partial charge on any atom is -0.497 e. The normalized spacial score (nSPS) is 19.4. The zero-order valence-electron chi connectivity index (χ0n) is 14.4. The number of carbonyl (C=O) groups is 1. The molecule has 0 radical (unpaired) electrons. The predicted octanol–water partition coefficient (Wildman–Crippen LogP) is 2.64. The Labute approximate surface area is 147 Å². The number of ether oxygens (including phenoxy) is 2. The van der Waals surface area contributed by atoms with E-state index in [1.807, 2.05) is 49.4 Å². The van der Waals surface area contributed by atoms with E-state index in [-0.39, 0.29) is 18.0 Å². The van der Waals surface area contributed by atoms with E-state index in [2.05, 4.69) is 16.2 Å². The molecule has 1 saturated heterocycles. The summed E-state index contributed by atoms with van der Waals surface area (Å²) in [4.78, 5) is 12.5. The molecule has 132 valence electrons. The third-order valence-corrected chi connectivity index (χ3v) is 4.15. The van der Waals surface area contributed by atoms with Crippen molar-refractivity contribution in [2.75, 3.05) is 19.0 Å². The zero-order valence-corrected chi connectivity index (χ0v) is 14.4. The van der Waals surface area contributed by atoms with Crippen molar-refractivity contribution in [3.8, 4) is 11.5 Å². The Bertz CT molecular complexity index is 718. The maximum atomic E-state index is 12.5. The highest BCUT2D eigenvalue weighted by Gasteiger charge is 2.30. The summed E-state index contributed by atoms with van der Waals surface area (Å²) in [5.74, 6) is 1.49. The third-order valence-electron chi connectivity index (χ3n) is 4.15. The Kier molecular flexibility index (Phi) is 5.53. The predicted molar refractivity (Wildman–Crippen MR) is 96.7 cm³/mol. The number of methoxy groups -OCH3 is 1. The quantitative estimate of drug-likeness (QED) is 0.753. The fourth-order valence-electron chi connectivity index (χ4n) is 2.84. The largest absolute Gasteiger partial charge is 0.497 e. The van der Waals surface area contributed by atoms with Crippen LogP contribution in [0.25, 0.3) is 0 Å². The summed E-state index contributed by atoms with van der Waals surface area (Å²) in [7, 11) is 1.60. The number of benzene rings is 2. The molecule has 1 fully saturated rings. The highest BCUT2D eigenvalue weighted by Crippen LogP contribution is 2.25. The fraction of sp³-hybridized carbons (Fsp3) is 0.316. The van der Waals surface area contributed by atoms with Crippen molar-refractivity contribution in [3.05, 3.63) is 54.1 Å². The Balaban J connectivity index is 1.58. The first-order valence-corrected chi connectivity index (χ1v) is 8.38. The van der Waals surface area contributed by atoms with Gasteiger partial charge >= 0.3 is 0 Å². The summed E-state index contributed by atoms with van der Waals surface area (Å²) in [6, 6.07) is 15.0. The van der Waals surface area contributed by atoms with Gasteiger partial charge in [-0.05, 0) is 43.2 Å². The topological polar surface area (TPSA) is 71.6 Å². The van der Waals surface area contributed by atoms with Crippen molar-refractivity contribution in [1.82, 2.24) is 10.9 Å². The van der Waals surface area contributed by atoms with Gasteiger partial charge in [0.25, 0.3) is 0 Å². The van der Waals surface area contributed by atoms with Gasteiger partial charge in [0.1, 0.15) is 17.5 Å². The van der Waals surface area contributed by atoms with Gasteiger partial charge in [0.05, 0.1) is 13.7 Å². The van der Waals surface area contributed by atoms with Crippen molar-refractivity contribution < 1.29 is 14.3 Å². The third kappa shape index (κ3) is 4.29.